The molecule has 2 unspecified atom stereocenters. The Morgan fingerprint density at radius 2 is 2.25 bits per heavy atom. The molecular weight excluding hydrogens is 296 g/mol. The van der Waals surface area contributed by atoms with E-state index in [1.807, 2.05) is 0 Å². The van der Waals surface area contributed by atoms with E-state index < -0.39 is 9.84 Å². The van der Waals surface area contributed by atoms with Crippen LogP contribution in [-0.2, 0) is 9.84 Å². The summed E-state index contributed by atoms with van der Waals surface area (Å²) in [4.78, 5) is 2.49. The van der Waals surface area contributed by atoms with Crippen molar-refractivity contribution in [3.63, 3.8) is 0 Å². The summed E-state index contributed by atoms with van der Waals surface area (Å²) in [5.41, 5.74) is 5.73. The highest BCUT2D eigenvalue weighted by molar-refractivity contribution is 7.91. The van der Waals surface area contributed by atoms with Crippen LogP contribution in [0.4, 0.5) is 10.8 Å². The molecule has 1 fully saturated rings. The molecule has 2 atom stereocenters. The van der Waals surface area contributed by atoms with Crippen LogP contribution in [0.2, 0.25) is 0 Å². The molecule has 8 heteroatoms. The molecular formula is C12H22N4O2S2. The van der Waals surface area contributed by atoms with Crippen molar-refractivity contribution in [2.24, 2.45) is 0 Å². The predicted molar refractivity (Wildman–Crippen MR) is 83.0 cm³/mol. The number of hydrogen-bond donors (Lipinski definition) is 2. The molecule has 0 aromatic carbocycles. The lowest BCUT2D eigenvalue weighted by atomic mass is 9.99. The van der Waals surface area contributed by atoms with Gasteiger partial charge in [-0.25, -0.2) is 8.42 Å². The normalized spacial score (nSPS) is 24.8. The van der Waals surface area contributed by atoms with Gasteiger partial charge in [-0.1, -0.05) is 6.92 Å². The predicted octanol–water partition coefficient (Wildman–Crippen LogP) is 1.41. The number of nitrogens with one attached hydrogen (secondary N) is 1. The smallest absolute Gasteiger partial charge is 0.184 e. The number of hydrogen-bond acceptors (Lipinski definition) is 7. The van der Waals surface area contributed by atoms with Crippen molar-refractivity contribution in [1.29, 1.82) is 0 Å². The zero-order chi connectivity index (χ0) is 14.9. The first-order chi connectivity index (χ1) is 9.35. The van der Waals surface area contributed by atoms with E-state index in [2.05, 4.69) is 28.6 Å². The number of rotatable bonds is 4. The van der Waals surface area contributed by atoms with E-state index in [4.69, 9.17) is 5.73 Å². The number of likely N-dealkylation sites (tertiary alicyclic amines) is 1. The lowest BCUT2D eigenvalue weighted by molar-refractivity contribution is 0.190. The van der Waals surface area contributed by atoms with E-state index in [1.54, 1.807) is 6.92 Å². The fraction of sp³-hybridized carbons (Fsp3) is 0.750. The summed E-state index contributed by atoms with van der Waals surface area (Å²) < 4.78 is 28.2. The average Bonchev–Trinajstić information content (AvgIpc) is 2.76. The van der Waals surface area contributed by atoms with E-state index in [1.165, 1.54) is 0 Å². The second-order valence-electron chi connectivity index (χ2n) is 5.32. The SMILES string of the molecule is CCS(=O)(=O)c1c(N)nsc1NC1CCN(C)C(C)C1. The number of nitrogens with two attached hydrogens (primary N) is 1. The van der Waals surface area contributed by atoms with Crippen LogP contribution in [0, 0.1) is 0 Å². The molecule has 1 aromatic heterocycles. The summed E-state index contributed by atoms with van der Waals surface area (Å²) in [5, 5.41) is 3.92. The molecule has 0 aliphatic carbocycles. The van der Waals surface area contributed by atoms with Gasteiger partial charge in [0, 0.05) is 18.6 Å². The molecule has 0 spiro atoms. The molecule has 1 aromatic rings. The van der Waals surface area contributed by atoms with Gasteiger partial charge in [0.1, 0.15) is 9.90 Å². The van der Waals surface area contributed by atoms with E-state index in [-0.39, 0.29) is 22.5 Å². The minimum atomic E-state index is -3.34. The maximum Gasteiger partial charge on any atom is 0.184 e. The van der Waals surface area contributed by atoms with Gasteiger partial charge in [-0.3, -0.25) is 0 Å². The van der Waals surface area contributed by atoms with Crippen LogP contribution in [0.25, 0.3) is 0 Å². The highest BCUT2D eigenvalue weighted by Crippen LogP contribution is 2.34. The fourth-order valence-electron chi connectivity index (χ4n) is 2.44. The number of piperidine rings is 1. The average molecular weight is 318 g/mol. The second kappa shape index (κ2) is 5.87. The summed E-state index contributed by atoms with van der Waals surface area (Å²) in [7, 11) is -1.23. The van der Waals surface area contributed by atoms with E-state index in [9.17, 15) is 8.42 Å². The zero-order valence-corrected chi connectivity index (χ0v) is 13.7. The Labute approximate surface area is 124 Å². The van der Waals surface area contributed by atoms with Crippen molar-refractivity contribution in [3.05, 3.63) is 0 Å². The topological polar surface area (TPSA) is 88.3 Å². The molecule has 20 heavy (non-hydrogen) atoms. The molecule has 2 rings (SSSR count). The Bertz CT molecular complexity index is 570. The van der Waals surface area contributed by atoms with Gasteiger partial charge in [0.2, 0.25) is 0 Å². The number of nitrogen functional groups attached to an aromatic ring is 1. The van der Waals surface area contributed by atoms with E-state index in [0.717, 1.165) is 30.9 Å². The van der Waals surface area contributed by atoms with Crippen LogP contribution < -0.4 is 11.1 Å². The summed E-state index contributed by atoms with van der Waals surface area (Å²) >= 11 is 1.14. The molecule has 114 valence electrons. The van der Waals surface area contributed by atoms with Gasteiger partial charge < -0.3 is 16.0 Å². The lowest BCUT2D eigenvalue weighted by Gasteiger charge is -2.35. The number of nitrogens with zero attached hydrogens (tertiary/aromatic N) is 2. The van der Waals surface area contributed by atoms with Gasteiger partial charge in [0.15, 0.2) is 15.7 Å². The number of anilines is 2. The van der Waals surface area contributed by atoms with Crippen LogP contribution in [0.5, 0.6) is 0 Å². The van der Waals surface area contributed by atoms with Gasteiger partial charge in [-0.05, 0) is 38.3 Å². The maximum atomic E-state index is 12.1. The Hall–Kier alpha value is -0.860. The third-order valence-corrected chi connectivity index (χ3v) is 6.63. The van der Waals surface area contributed by atoms with Crippen LogP contribution in [0.1, 0.15) is 26.7 Å². The largest absolute Gasteiger partial charge is 0.382 e. The van der Waals surface area contributed by atoms with Crippen LogP contribution in [0.3, 0.4) is 0 Å². The number of sulfone groups is 1. The third kappa shape index (κ3) is 3.07. The molecule has 0 radical (unpaired) electrons. The summed E-state index contributed by atoms with van der Waals surface area (Å²) in [5.74, 6) is 0.147. The molecule has 0 saturated carbocycles. The minimum absolute atomic E-state index is 0.0358. The lowest BCUT2D eigenvalue weighted by Crippen LogP contribution is -2.42. The first-order valence-electron chi connectivity index (χ1n) is 6.79. The third-order valence-electron chi connectivity index (χ3n) is 3.91. The van der Waals surface area contributed by atoms with Crippen molar-refractivity contribution in [2.75, 3.05) is 30.4 Å². The molecule has 1 aliphatic rings. The summed E-state index contributed by atoms with van der Waals surface area (Å²) in [6.07, 6.45) is 1.98. The fourth-order valence-corrected chi connectivity index (χ4v) is 4.67. The van der Waals surface area contributed by atoms with Crippen LogP contribution in [0.15, 0.2) is 4.90 Å². The van der Waals surface area contributed by atoms with Crippen molar-refractivity contribution >= 4 is 32.2 Å². The van der Waals surface area contributed by atoms with E-state index in [0.29, 0.717) is 11.0 Å². The van der Waals surface area contributed by atoms with Gasteiger partial charge in [0.05, 0.1) is 5.75 Å². The second-order valence-corrected chi connectivity index (χ2v) is 8.31. The van der Waals surface area contributed by atoms with Gasteiger partial charge >= 0.3 is 0 Å². The molecule has 6 nitrogen and oxygen atoms in total. The molecule has 0 bridgehead atoms. The first kappa shape index (κ1) is 15.5. The van der Waals surface area contributed by atoms with Crippen molar-refractivity contribution in [3.8, 4) is 0 Å². The molecule has 0 amide bonds. The Balaban J connectivity index is 2.19. The first-order valence-corrected chi connectivity index (χ1v) is 9.22. The van der Waals surface area contributed by atoms with Crippen LogP contribution >= 0.6 is 11.5 Å². The van der Waals surface area contributed by atoms with Crippen molar-refractivity contribution in [1.82, 2.24) is 9.27 Å². The molecule has 1 saturated heterocycles. The Morgan fingerprint density at radius 3 is 2.85 bits per heavy atom. The minimum Gasteiger partial charge on any atom is -0.382 e. The van der Waals surface area contributed by atoms with Gasteiger partial charge in [-0.15, -0.1) is 0 Å². The molecule has 2 heterocycles. The standard InChI is InChI=1S/C12H22N4O2S2/c1-4-20(17,18)10-11(13)15-19-12(10)14-9-5-6-16(3)8(2)7-9/h8-9,14H,4-7H2,1-3H3,(H2,13,15). The summed E-state index contributed by atoms with van der Waals surface area (Å²) in [6.45, 7) is 4.80. The number of aromatic nitrogens is 1. The zero-order valence-electron chi connectivity index (χ0n) is 12.1. The highest BCUT2D eigenvalue weighted by atomic mass is 32.2. The van der Waals surface area contributed by atoms with Gasteiger partial charge in [-0.2, -0.15) is 4.37 Å². The quantitative estimate of drug-likeness (QED) is 0.873. The van der Waals surface area contributed by atoms with Crippen LogP contribution in [-0.4, -0.2) is 49.1 Å². The maximum absolute atomic E-state index is 12.1. The van der Waals surface area contributed by atoms with Crippen molar-refractivity contribution < 1.29 is 8.42 Å². The van der Waals surface area contributed by atoms with E-state index >= 15 is 0 Å². The molecule has 3 N–H and O–H groups in total. The monoisotopic (exact) mass is 318 g/mol. The van der Waals surface area contributed by atoms with Crippen molar-refractivity contribution in [2.45, 2.75) is 43.7 Å². The highest BCUT2D eigenvalue weighted by Gasteiger charge is 2.28. The van der Waals surface area contributed by atoms with Gasteiger partial charge in [0.25, 0.3) is 0 Å². The molecule has 1 aliphatic heterocycles. The Kier molecular flexibility index (Phi) is 4.55. The Morgan fingerprint density at radius 1 is 1.55 bits per heavy atom. The summed E-state index contributed by atoms with van der Waals surface area (Å²) in [6, 6.07) is 0.754.